The van der Waals surface area contributed by atoms with Gasteiger partial charge in [-0.05, 0) is 18.2 Å². The zero-order valence-corrected chi connectivity index (χ0v) is 14.6. The largest absolute Gasteiger partial charge is 0.455 e. The van der Waals surface area contributed by atoms with Crippen LogP contribution < -0.4 is 5.43 Å². The Kier molecular flexibility index (Phi) is 4.26. The van der Waals surface area contributed by atoms with E-state index in [9.17, 15) is 0 Å². The first-order valence-electron chi connectivity index (χ1n) is 7.65. The Hall–Kier alpha value is -2.99. The minimum absolute atomic E-state index is 0.604. The minimum Gasteiger partial charge on any atom is -0.455 e. The quantitative estimate of drug-likeness (QED) is 0.387. The summed E-state index contributed by atoms with van der Waals surface area (Å²) in [6.45, 7) is 0. The van der Waals surface area contributed by atoms with Gasteiger partial charge in [0.1, 0.15) is 11.5 Å². The molecule has 0 amide bonds. The molecule has 0 atom stereocenters. The molecule has 5 nitrogen and oxygen atoms in total. The van der Waals surface area contributed by atoms with E-state index in [1.807, 2.05) is 60.7 Å². The maximum absolute atomic E-state index is 5.82. The van der Waals surface area contributed by atoms with Gasteiger partial charge in [0.05, 0.1) is 12.4 Å². The van der Waals surface area contributed by atoms with Crippen molar-refractivity contribution in [1.82, 2.24) is 10.2 Å². The molecule has 0 spiro atoms. The van der Waals surface area contributed by atoms with Gasteiger partial charge in [-0.3, -0.25) is 5.43 Å². The number of hydrogen-bond donors (Lipinski definition) is 1. The van der Waals surface area contributed by atoms with Crippen molar-refractivity contribution in [2.24, 2.45) is 5.10 Å². The number of anilines is 1. The number of hydrazone groups is 1. The van der Waals surface area contributed by atoms with E-state index in [0.717, 1.165) is 26.6 Å². The lowest BCUT2D eigenvalue weighted by Crippen LogP contribution is -1.96. The number of aromatic nitrogens is 2. The number of nitrogens with one attached hydrogen (secondary N) is 1. The standard InChI is InChI=1S/C19H13BrN4O/c20-17-8-4-3-7-16(17)18-10-9-14(25-18)12-22-24-19-15-6-2-1-5-13(15)11-21-23-19/h1-12H,(H,23,24)/b22-12+. The number of halogens is 1. The van der Waals surface area contributed by atoms with Gasteiger partial charge in [-0.2, -0.15) is 10.2 Å². The van der Waals surface area contributed by atoms with Gasteiger partial charge in [0, 0.05) is 20.8 Å². The van der Waals surface area contributed by atoms with Crippen LogP contribution >= 0.6 is 15.9 Å². The minimum atomic E-state index is 0.604. The number of rotatable bonds is 4. The van der Waals surface area contributed by atoms with Crippen molar-refractivity contribution in [1.29, 1.82) is 0 Å². The molecule has 0 aliphatic carbocycles. The number of fused-ring (bicyclic) bond motifs is 1. The molecular formula is C19H13BrN4O. The molecule has 0 aliphatic heterocycles. The van der Waals surface area contributed by atoms with Crippen molar-refractivity contribution in [3.63, 3.8) is 0 Å². The summed E-state index contributed by atoms with van der Waals surface area (Å²) in [5.41, 5.74) is 3.92. The molecule has 0 saturated heterocycles. The molecule has 6 heteroatoms. The summed E-state index contributed by atoms with van der Waals surface area (Å²) in [6, 6.07) is 19.6. The lowest BCUT2D eigenvalue weighted by Gasteiger charge is -2.02. The van der Waals surface area contributed by atoms with Gasteiger partial charge in [-0.25, -0.2) is 0 Å². The van der Waals surface area contributed by atoms with E-state index in [2.05, 4.69) is 36.7 Å². The predicted molar refractivity (Wildman–Crippen MR) is 103 cm³/mol. The fourth-order valence-corrected chi connectivity index (χ4v) is 2.98. The Bertz CT molecular complexity index is 1050. The Morgan fingerprint density at radius 1 is 1.00 bits per heavy atom. The molecule has 122 valence electrons. The van der Waals surface area contributed by atoms with E-state index in [-0.39, 0.29) is 0 Å². The normalized spacial score (nSPS) is 11.2. The zero-order valence-electron chi connectivity index (χ0n) is 13.1. The first-order valence-corrected chi connectivity index (χ1v) is 8.45. The smallest absolute Gasteiger partial charge is 0.176 e. The van der Waals surface area contributed by atoms with Crippen LogP contribution in [0.25, 0.3) is 22.1 Å². The molecule has 2 aromatic heterocycles. The first-order chi connectivity index (χ1) is 12.3. The highest BCUT2D eigenvalue weighted by Gasteiger charge is 2.07. The van der Waals surface area contributed by atoms with Crippen LogP contribution in [0.2, 0.25) is 0 Å². The molecule has 2 heterocycles. The molecule has 0 aliphatic rings. The highest BCUT2D eigenvalue weighted by molar-refractivity contribution is 9.10. The van der Waals surface area contributed by atoms with Gasteiger partial charge < -0.3 is 4.42 Å². The summed E-state index contributed by atoms with van der Waals surface area (Å²) in [6.07, 6.45) is 3.34. The van der Waals surface area contributed by atoms with Crippen LogP contribution in [-0.4, -0.2) is 16.4 Å². The summed E-state index contributed by atoms with van der Waals surface area (Å²) >= 11 is 3.53. The second-order valence-corrected chi connectivity index (χ2v) is 6.19. The second kappa shape index (κ2) is 6.86. The monoisotopic (exact) mass is 392 g/mol. The van der Waals surface area contributed by atoms with Crippen LogP contribution in [0.3, 0.4) is 0 Å². The van der Waals surface area contributed by atoms with Crippen LogP contribution in [0.4, 0.5) is 5.82 Å². The summed E-state index contributed by atoms with van der Waals surface area (Å²) in [4.78, 5) is 0. The number of benzene rings is 2. The van der Waals surface area contributed by atoms with Crippen molar-refractivity contribution in [3.05, 3.63) is 77.1 Å². The van der Waals surface area contributed by atoms with Gasteiger partial charge >= 0.3 is 0 Å². The van der Waals surface area contributed by atoms with Crippen molar-refractivity contribution in [2.75, 3.05) is 5.43 Å². The van der Waals surface area contributed by atoms with Gasteiger partial charge in [0.2, 0.25) is 0 Å². The highest BCUT2D eigenvalue weighted by atomic mass is 79.9. The average Bonchev–Trinajstić information content (AvgIpc) is 3.11. The van der Waals surface area contributed by atoms with Crippen LogP contribution in [0.15, 0.2) is 80.9 Å². The molecular weight excluding hydrogens is 380 g/mol. The third-order valence-electron chi connectivity index (χ3n) is 3.70. The van der Waals surface area contributed by atoms with Crippen molar-refractivity contribution in [3.8, 4) is 11.3 Å². The SMILES string of the molecule is Brc1ccccc1-c1ccc(/C=N/Nc2nncc3ccccc23)o1. The van der Waals surface area contributed by atoms with E-state index < -0.39 is 0 Å². The third kappa shape index (κ3) is 3.29. The molecule has 0 saturated carbocycles. The molecule has 0 fully saturated rings. The van der Waals surface area contributed by atoms with Crippen molar-refractivity contribution in [2.45, 2.75) is 0 Å². The molecule has 2 aromatic carbocycles. The maximum Gasteiger partial charge on any atom is 0.176 e. The van der Waals surface area contributed by atoms with Gasteiger partial charge in [-0.15, -0.1) is 5.10 Å². The van der Waals surface area contributed by atoms with Crippen molar-refractivity contribution >= 4 is 38.7 Å². The van der Waals surface area contributed by atoms with Gasteiger partial charge in [0.15, 0.2) is 5.82 Å². The third-order valence-corrected chi connectivity index (χ3v) is 4.39. The first kappa shape index (κ1) is 15.5. The topological polar surface area (TPSA) is 63.3 Å². The lowest BCUT2D eigenvalue weighted by atomic mass is 10.2. The Morgan fingerprint density at radius 3 is 2.76 bits per heavy atom. The maximum atomic E-state index is 5.82. The number of hydrogen-bond acceptors (Lipinski definition) is 5. The lowest BCUT2D eigenvalue weighted by molar-refractivity contribution is 0.574. The molecule has 1 N–H and O–H groups in total. The Balaban J connectivity index is 1.54. The summed E-state index contributed by atoms with van der Waals surface area (Å²) < 4.78 is 6.80. The average molecular weight is 393 g/mol. The molecule has 0 bridgehead atoms. The highest BCUT2D eigenvalue weighted by Crippen LogP contribution is 2.29. The van der Waals surface area contributed by atoms with E-state index in [4.69, 9.17) is 4.42 Å². The molecule has 0 unspecified atom stereocenters. The van der Waals surface area contributed by atoms with Crippen LogP contribution in [0, 0.1) is 0 Å². The summed E-state index contributed by atoms with van der Waals surface area (Å²) in [5, 5.41) is 14.2. The number of furan rings is 1. The fourth-order valence-electron chi connectivity index (χ4n) is 2.50. The van der Waals surface area contributed by atoms with Crippen molar-refractivity contribution < 1.29 is 4.42 Å². The van der Waals surface area contributed by atoms with E-state index in [0.29, 0.717) is 11.6 Å². The van der Waals surface area contributed by atoms with E-state index in [1.54, 1.807) is 12.4 Å². The van der Waals surface area contributed by atoms with Crippen LogP contribution in [0.1, 0.15) is 5.76 Å². The zero-order chi connectivity index (χ0) is 17.1. The molecule has 4 rings (SSSR count). The van der Waals surface area contributed by atoms with Gasteiger partial charge in [0.25, 0.3) is 0 Å². The predicted octanol–water partition coefficient (Wildman–Crippen LogP) is 5.10. The van der Waals surface area contributed by atoms with E-state index in [1.165, 1.54) is 0 Å². The molecule has 0 radical (unpaired) electrons. The fraction of sp³-hybridized carbons (Fsp3) is 0. The van der Waals surface area contributed by atoms with Gasteiger partial charge in [-0.1, -0.05) is 58.4 Å². The number of nitrogens with zero attached hydrogens (tertiary/aromatic N) is 3. The van der Waals surface area contributed by atoms with Crippen LogP contribution in [-0.2, 0) is 0 Å². The Morgan fingerprint density at radius 2 is 1.84 bits per heavy atom. The molecule has 25 heavy (non-hydrogen) atoms. The van der Waals surface area contributed by atoms with Crippen LogP contribution in [0.5, 0.6) is 0 Å². The summed E-state index contributed by atoms with van der Waals surface area (Å²) in [7, 11) is 0. The Labute approximate surface area is 152 Å². The molecule has 4 aromatic rings. The second-order valence-electron chi connectivity index (χ2n) is 5.33. The van der Waals surface area contributed by atoms with E-state index >= 15 is 0 Å². The summed E-state index contributed by atoms with van der Waals surface area (Å²) in [5.74, 6) is 2.03.